The predicted molar refractivity (Wildman–Crippen MR) is 137 cm³/mol. The Kier molecular flexibility index (Phi) is 12.8. The summed E-state index contributed by atoms with van der Waals surface area (Å²) in [6.07, 6.45) is 14.0. The van der Waals surface area contributed by atoms with Crippen LogP contribution in [0.2, 0.25) is 0 Å². The summed E-state index contributed by atoms with van der Waals surface area (Å²) in [4.78, 5) is 0. The lowest BCUT2D eigenvalue weighted by Crippen LogP contribution is -1.92. The van der Waals surface area contributed by atoms with Crippen molar-refractivity contribution in [3.63, 3.8) is 0 Å². The molecule has 0 fully saturated rings. The molecule has 0 heteroatoms. The van der Waals surface area contributed by atoms with E-state index in [2.05, 4.69) is 95.3 Å². The summed E-state index contributed by atoms with van der Waals surface area (Å²) < 4.78 is 0. The molecule has 0 unspecified atom stereocenters. The molecule has 0 heterocycles. The molecule has 164 valence electrons. The lowest BCUT2D eigenvalue weighted by Gasteiger charge is -2.10. The van der Waals surface area contributed by atoms with Crippen molar-refractivity contribution in [1.29, 1.82) is 0 Å². The summed E-state index contributed by atoms with van der Waals surface area (Å²) in [5.74, 6) is 0.670. The zero-order chi connectivity index (χ0) is 22.4. The Labute approximate surface area is 187 Å². The van der Waals surface area contributed by atoms with E-state index in [1.54, 1.807) is 0 Å². The normalized spacial score (nSPS) is 13.0. The fourth-order valence-electron chi connectivity index (χ4n) is 3.58. The maximum atomic E-state index is 2.41. The van der Waals surface area contributed by atoms with Gasteiger partial charge in [-0.05, 0) is 66.3 Å². The van der Waals surface area contributed by atoms with Crippen molar-refractivity contribution >= 4 is 0 Å². The van der Waals surface area contributed by atoms with Gasteiger partial charge in [0.1, 0.15) is 0 Å². The number of hydrogen-bond donors (Lipinski definition) is 0. The number of unbranched alkanes of at least 4 members (excludes halogenated alkanes) is 2. The highest BCUT2D eigenvalue weighted by Gasteiger charge is 2.18. The monoisotopic (exact) mass is 404 g/mol. The molecular weight excluding hydrogens is 360 g/mol. The van der Waals surface area contributed by atoms with Crippen LogP contribution in [-0.2, 0) is 6.42 Å². The number of fused-ring (bicyclic) bond motifs is 3. The Bertz CT molecular complexity index is 791. The summed E-state index contributed by atoms with van der Waals surface area (Å²) >= 11 is 0. The number of rotatable bonds is 7. The van der Waals surface area contributed by atoms with Crippen LogP contribution in [0.1, 0.15) is 103 Å². The van der Waals surface area contributed by atoms with Gasteiger partial charge in [0.2, 0.25) is 0 Å². The van der Waals surface area contributed by atoms with Gasteiger partial charge in [0.05, 0.1) is 0 Å². The third-order valence-corrected chi connectivity index (χ3v) is 5.59. The van der Waals surface area contributed by atoms with Crippen LogP contribution in [0.3, 0.4) is 0 Å². The molecule has 0 N–H and O–H groups in total. The molecule has 3 rings (SSSR count). The van der Waals surface area contributed by atoms with E-state index in [0.29, 0.717) is 5.92 Å². The van der Waals surface area contributed by atoms with E-state index >= 15 is 0 Å². The highest BCUT2D eigenvalue weighted by atomic mass is 14.2. The van der Waals surface area contributed by atoms with Gasteiger partial charge in [-0.15, -0.1) is 0 Å². The Hall–Kier alpha value is -2.08. The molecule has 1 aliphatic rings. The Morgan fingerprint density at radius 2 is 1.57 bits per heavy atom. The molecule has 2 aromatic carbocycles. The molecule has 0 spiro atoms. The highest BCUT2D eigenvalue weighted by Crippen LogP contribution is 2.37. The van der Waals surface area contributed by atoms with E-state index in [1.807, 2.05) is 13.8 Å². The minimum atomic E-state index is 0.670. The van der Waals surface area contributed by atoms with E-state index < -0.39 is 0 Å². The molecule has 0 aliphatic heterocycles. The zero-order valence-corrected chi connectivity index (χ0v) is 20.6. The maximum absolute atomic E-state index is 2.41. The second-order valence-corrected chi connectivity index (χ2v) is 7.99. The topological polar surface area (TPSA) is 0 Å². The van der Waals surface area contributed by atoms with Gasteiger partial charge < -0.3 is 0 Å². The smallest absolute Gasteiger partial charge is 0.00134 e. The average Bonchev–Trinajstić information content (AvgIpc) is 3.17. The van der Waals surface area contributed by atoms with Crippen molar-refractivity contribution in [1.82, 2.24) is 0 Å². The van der Waals surface area contributed by atoms with Crippen LogP contribution in [0.4, 0.5) is 0 Å². The SMILES string of the molecule is CC.CCC/C=C\C(C)=C/CCC.CC[C@@H](C)c1ccc2c(c1)Cc1ccccc1-2. The van der Waals surface area contributed by atoms with Gasteiger partial charge in [-0.3, -0.25) is 0 Å². The lowest BCUT2D eigenvalue weighted by atomic mass is 9.94. The van der Waals surface area contributed by atoms with Crippen molar-refractivity contribution in [2.45, 2.75) is 92.9 Å². The first-order valence-corrected chi connectivity index (χ1v) is 12.1. The molecule has 30 heavy (non-hydrogen) atoms. The molecular formula is C30H44. The number of benzene rings is 2. The predicted octanol–water partition coefficient (Wildman–Crippen LogP) is 9.89. The standard InChI is InChI=1S/C17H18.C11H20.C2H6/c1-3-12(2)13-8-9-17-15(10-13)11-14-6-4-5-7-16(14)17;1-4-6-8-10-11(3)9-7-5-2;1-2/h4-10,12H,3,11H2,1-2H3;8-10H,4-7H2,1-3H3;1-2H3/b;10-8-,11-9-;/t12-;;/m1../s1. The first-order valence-electron chi connectivity index (χ1n) is 12.1. The quantitative estimate of drug-likeness (QED) is 0.344. The van der Waals surface area contributed by atoms with Crippen LogP contribution in [0, 0.1) is 0 Å². The van der Waals surface area contributed by atoms with Crippen LogP contribution >= 0.6 is 0 Å². The molecule has 0 saturated carbocycles. The molecule has 0 bridgehead atoms. The van der Waals surface area contributed by atoms with Crippen molar-refractivity contribution in [2.75, 3.05) is 0 Å². The maximum Gasteiger partial charge on any atom is -0.00134 e. The second-order valence-electron chi connectivity index (χ2n) is 7.99. The fourth-order valence-corrected chi connectivity index (χ4v) is 3.58. The van der Waals surface area contributed by atoms with Crippen LogP contribution in [-0.4, -0.2) is 0 Å². The van der Waals surface area contributed by atoms with Gasteiger partial charge in [0.15, 0.2) is 0 Å². The average molecular weight is 405 g/mol. The van der Waals surface area contributed by atoms with Gasteiger partial charge in [0.25, 0.3) is 0 Å². The molecule has 0 aromatic heterocycles. The highest BCUT2D eigenvalue weighted by molar-refractivity contribution is 5.76. The van der Waals surface area contributed by atoms with E-state index in [9.17, 15) is 0 Å². The zero-order valence-electron chi connectivity index (χ0n) is 20.6. The minimum absolute atomic E-state index is 0.670. The van der Waals surface area contributed by atoms with Crippen LogP contribution in [0.25, 0.3) is 11.1 Å². The summed E-state index contributed by atoms with van der Waals surface area (Å²) in [5, 5.41) is 0. The van der Waals surface area contributed by atoms with E-state index in [1.165, 1.54) is 65.5 Å². The summed E-state index contributed by atoms with van der Waals surface area (Å²) in [5.41, 5.74) is 8.73. The van der Waals surface area contributed by atoms with E-state index in [-0.39, 0.29) is 0 Å². The molecule has 1 aliphatic carbocycles. The molecule has 2 aromatic rings. The molecule has 0 radical (unpaired) electrons. The van der Waals surface area contributed by atoms with Crippen molar-refractivity contribution < 1.29 is 0 Å². The van der Waals surface area contributed by atoms with Gasteiger partial charge in [-0.25, -0.2) is 0 Å². The largest absolute Gasteiger partial charge is 0.0843 e. The Balaban J connectivity index is 0.000000304. The van der Waals surface area contributed by atoms with Crippen molar-refractivity contribution in [2.24, 2.45) is 0 Å². The van der Waals surface area contributed by atoms with Gasteiger partial charge in [0, 0.05) is 0 Å². The molecule has 0 nitrogen and oxygen atoms in total. The first-order chi connectivity index (χ1) is 14.6. The van der Waals surface area contributed by atoms with E-state index in [4.69, 9.17) is 0 Å². The first kappa shape index (κ1) is 26.0. The molecule has 0 amide bonds. The third kappa shape index (κ3) is 7.98. The van der Waals surface area contributed by atoms with Gasteiger partial charge >= 0.3 is 0 Å². The van der Waals surface area contributed by atoms with Crippen LogP contribution in [0.5, 0.6) is 0 Å². The second kappa shape index (κ2) is 14.8. The lowest BCUT2D eigenvalue weighted by molar-refractivity contribution is 0.733. The summed E-state index contributed by atoms with van der Waals surface area (Å²) in [7, 11) is 0. The fraction of sp³-hybridized carbons (Fsp3) is 0.467. The van der Waals surface area contributed by atoms with E-state index in [0.717, 1.165) is 6.42 Å². The van der Waals surface area contributed by atoms with Crippen LogP contribution in [0.15, 0.2) is 66.3 Å². The Morgan fingerprint density at radius 1 is 0.900 bits per heavy atom. The summed E-state index contributed by atoms with van der Waals surface area (Å²) in [6, 6.07) is 15.8. The molecule has 0 saturated heterocycles. The Morgan fingerprint density at radius 3 is 2.23 bits per heavy atom. The summed E-state index contributed by atoms with van der Waals surface area (Å²) in [6.45, 7) is 15.1. The number of hydrogen-bond acceptors (Lipinski definition) is 0. The van der Waals surface area contributed by atoms with Gasteiger partial charge in [-0.2, -0.15) is 0 Å². The van der Waals surface area contributed by atoms with Gasteiger partial charge in [-0.1, -0.05) is 121 Å². The van der Waals surface area contributed by atoms with Crippen LogP contribution < -0.4 is 0 Å². The van der Waals surface area contributed by atoms with Crippen molar-refractivity contribution in [3.8, 4) is 11.1 Å². The van der Waals surface area contributed by atoms with Crippen molar-refractivity contribution in [3.05, 3.63) is 83.0 Å². The minimum Gasteiger partial charge on any atom is -0.0843 e. The molecule has 1 atom stereocenters. The number of allylic oxidation sites excluding steroid dienone is 4. The third-order valence-electron chi connectivity index (χ3n) is 5.59.